The molecule has 0 spiro atoms. The van der Waals surface area contributed by atoms with Crippen LogP contribution in [0.2, 0.25) is 0 Å². The van der Waals surface area contributed by atoms with Crippen molar-refractivity contribution in [3.63, 3.8) is 0 Å². The average molecular weight is 283 g/mol. The highest BCUT2D eigenvalue weighted by Crippen LogP contribution is 2.47. The fourth-order valence-corrected chi connectivity index (χ4v) is 4.10. The molecule has 0 aromatic heterocycles. The van der Waals surface area contributed by atoms with Crippen LogP contribution in [0.15, 0.2) is 0 Å². The van der Waals surface area contributed by atoms with Crippen molar-refractivity contribution in [3.05, 3.63) is 0 Å². The first-order valence-corrected chi connectivity index (χ1v) is 7.39. The minimum atomic E-state index is -0.650. The minimum absolute atomic E-state index is 0.125. The fraction of sp³-hybridized carbons (Fsp3) is 0.867. The first-order chi connectivity index (χ1) is 9.46. The minimum Gasteiger partial charge on any atom is -0.469 e. The molecule has 2 aliphatic rings. The van der Waals surface area contributed by atoms with Gasteiger partial charge in [-0.2, -0.15) is 0 Å². The van der Waals surface area contributed by atoms with Crippen molar-refractivity contribution in [1.82, 2.24) is 4.90 Å². The SMILES string of the molecule is COC(=O)[C@H]1C[C@@](CC(C)C)(C(=O)OC)N2CCC[C@@H]12. The molecule has 2 aliphatic heterocycles. The number of hydrogen-bond acceptors (Lipinski definition) is 5. The van der Waals surface area contributed by atoms with Gasteiger partial charge in [0.25, 0.3) is 0 Å². The molecule has 0 aliphatic carbocycles. The van der Waals surface area contributed by atoms with E-state index in [0.717, 1.165) is 25.8 Å². The summed E-state index contributed by atoms with van der Waals surface area (Å²) in [6, 6.07) is 0.125. The molecule has 0 unspecified atom stereocenters. The Morgan fingerprint density at radius 3 is 2.55 bits per heavy atom. The van der Waals surface area contributed by atoms with E-state index in [1.54, 1.807) is 0 Å². The average Bonchev–Trinajstić information content (AvgIpc) is 2.99. The van der Waals surface area contributed by atoms with Gasteiger partial charge >= 0.3 is 11.9 Å². The molecule has 5 nitrogen and oxygen atoms in total. The van der Waals surface area contributed by atoms with E-state index in [9.17, 15) is 9.59 Å². The second-order valence-corrected chi connectivity index (χ2v) is 6.36. The maximum Gasteiger partial charge on any atom is 0.326 e. The highest BCUT2D eigenvalue weighted by atomic mass is 16.5. The lowest BCUT2D eigenvalue weighted by atomic mass is 9.83. The summed E-state index contributed by atoms with van der Waals surface area (Å²) in [5.41, 5.74) is -0.650. The van der Waals surface area contributed by atoms with Crippen LogP contribution in [0.5, 0.6) is 0 Å². The van der Waals surface area contributed by atoms with Gasteiger partial charge in [0, 0.05) is 6.04 Å². The number of carbonyl (C=O) groups is 2. The van der Waals surface area contributed by atoms with E-state index in [-0.39, 0.29) is 23.9 Å². The second kappa shape index (κ2) is 5.72. The summed E-state index contributed by atoms with van der Waals surface area (Å²) in [5, 5.41) is 0. The van der Waals surface area contributed by atoms with Gasteiger partial charge in [-0.25, -0.2) is 0 Å². The number of esters is 2. The molecule has 0 amide bonds. The van der Waals surface area contributed by atoms with E-state index in [0.29, 0.717) is 12.3 Å². The van der Waals surface area contributed by atoms with Crippen molar-refractivity contribution in [3.8, 4) is 0 Å². The quantitative estimate of drug-likeness (QED) is 0.734. The number of rotatable bonds is 4. The van der Waals surface area contributed by atoms with E-state index < -0.39 is 5.54 Å². The summed E-state index contributed by atoms with van der Waals surface area (Å²) >= 11 is 0. The monoisotopic (exact) mass is 283 g/mol. The van der Waals surface area contributed by atoms with Gasteiger partial charge in [0.2, 0.25) is 0 Å². The number of nitrogens with zero attached hydrogens (tertiary/aromatic N) is 1. The van der Waals surface area contributed by atoms with E-state index in [4.69, 9.17) is 9.47 Å². The van der Waals surface area contributed by atoms with Crippen LogP contribution in [0.25, 0.3) is 0 Å². The van der Waals surface area contributed by atoms with E-state index in [1.165, 1.54) is 14.2 Å². The number of carbonyl (C=O) groups excluding carboxylic acids is 2. The predicted octanol–water partition coefficient (Wildman–Crippen LogP) is 1.60. The lowest BCUT2D eigenvalue weighted by Gasteiger charge is -2.36. The van der Waals surface area contributed by atoms with Crippen molar-refractivity contribution in [2.45, 2.75) is 51.1 Å². The molecule has 2 heterocycles. The lowest BCUT2D eigenvalue weighted by Crippen LogP contribution is -2.52. The van der Waals surface area contributed by atoms with Crippen LogP contribution in [-0.2, 0) is 19.1 Å². The molecule has 2 rings (SSSR count). The Hall–Kier alpha value is -1.10. The van der Waals surface area contributed by atoms with Crippen LogP contribution >= 0.6 is 0 Å². The smallest absolute Gasteiger partial charge is 0.326 e. The number of ether oxygens (including phenoxy) is 2. The van der Waals surface area contributed by atoms with Gasteiger partial charge in [0.05, 0.1) is 20.1 Å². The molecule has 0 radical (unpaired) electrons. The van der Waals surface area contributed by atoms with Gasteiger partial charge in [0.1, 0.15) is 5.54 Å². The summed E-state index contributed by atoms with van der Waals surface area (Å²) in [6.45, 7) is 5.06. The van der Waals surface area contributed by atoms with Crippen molar-refractivity contribution >= 4 is 11.9 Å². The lowest BCUT2D eigenvalue weighted by molar-refractivity contribution is -0.155. The molecule has 2 saturated heterocycles. The summed E-state index contributed by atoms with van der Waals surface area (Å²) in [5.74, 6) is -0.243. The molecule has 0 aromatic rings. The zero-order valence-electron chi connectivity index (χ0n) is 12.8. The van der Waals surface area contributed by atoms with Crippen molar-refractivity contribution in [2.75, 3.05) is 20.8 Å². The van der Waals surface area contributed by atoms with E-state index >= 15 is 0 Å². The van der Waals surface area contributed by atoms with E-state index in [1.807, 2.05) is 0 Å². The molecule has 5 heteroatoms. The van der Waals surface area contributed by atoms with Crippen molar-refractivity contribution < 1.29 is 19.1 Å². The molecule has 0 aromatic carbocycles. The van der Waals surface area contributed by atoms with Gasteiger partial charge in [-0.05, 0) is 38.1 Å². The normalized spacial score (nSPS) is 33.2. The predicted molar refractivity (Wildman–Crippen MR) is 74.1 cm³/mol. The summed E-state index contributed by atoms with van der Waals surface area (Å²) in [4.78, 5) is 26.7. The maximum atomic E-state index is 12.5. The Kier molecular flexibility index (Phi) is 4.37. The Balaban J connectivity index is 2.36. The molecule has 3 atom stereocenters. The Bertz CT molecular complexity index is 395. The highest BCUT2D eigenvalue weighted by molar-refractivity contribution is 5.84. The van der Waals surface area contributed by atoms with Gasteiger partial charge in [-0.15, -0.1) is 0 Å². The summed E-state index contributed by atoms with van der Waals surface area (Å²) < 4.78 is 10.0. The molecule has 2 fully saturated rings. The van der Waals surface area contributed by atoms with Gasteiger partial charge in [-0.1, -0.05) is 13.8 Å². The zero-order chi connectivity index (χ0) is 14.9. The summed E-state index contributed by atoms with van der Waals surface area (Å²) in [6.07, 6.45) is 3.23. The van der Waals surface area contributed by atoms with Gasteiger partial charge in [0.15, 0.2) is 0 Å². The van der Waals surface area contributed by atoms with Crippen molar-refractivity contribution in [1.29, 1.82) is 0 Å². The standard InChI is InChI=1S/C15H25NO4/c1-10(2)8-15(14(18)20-4)9-11(13(17)19-3)12-6-5-7-16(12)15/h10-12H,5-9H2,1-4H3/t11-,12-,15-/m0/s1. The molecule has 0 bridgehead atoms. The Morgan fingerprint density at radius 2 is 2.00 bits per heavy atom. The van der Waals surface area contributed by atoms with Crippen LogP contribution in [0.3, 0.4) is 0 Å². The molecule has 114 valence electrons. The van der Waals surface area contributed by atoms with Crippen LogP contribution in [0, 0.1) is 11.8 Å². The first kappa shape index (κ1) is 15.3. The summed E-state index contributed by atoms with van der Waals surface area (Å²) in [7, 11) is 2.85. The number of hydrogen-bond donors (Lipinski definition) is 0. The number of fused-ring (bicyclic) bond motifs is 1. The van der Waals surface area contributed by atoms with Crippen LogP contribution in [-0.4, -0.2) is 49.2 Å². The van der Waals surface area contributed by atoms with Gasteiger partial charge in [-0.3, -0.25) is 14.5 Å². The largest absolute Gasteiger partial charge is 0.469 e. The maximum absolute atomic E-state index is 12.5. The Morgan fingerprint density at radius 1 is 1.30 bits per heavy atom. The molecule has 0 N–H and O–H groups in total. The molecule has 0 saturated carbocycles. The van der Waals surface area contributed by atoms with E-state index in [2.05, 4.69) is 18.7 Å². The zero-order valence-corrected chi connectivity index (χ0v) is 12.8. The van der Waals surface area contributed by atoms with Crippen molar-refractivity contribution in [2.24, 2.45) is 11.8 Å². The Labute approximate surface area is 120 Å². The third-order valence-corrected chi connectivity index (χ3v) is 4.69. The molecular weight excluding hydrogens is 258 g/mol. The third kappa shape index (κ3) is 2.32. The van der Waals surface area contributed by atoms with Crippen LogP contribution < -0.4 is 0 Å². The topological polar surface area (TPSA) is 55.8 Å². The highest BCUT2D eigenvalue weighted by Gasteiger charge is 2.60. The fourth-order valence-electron chi connectivity index (χ4n) is 4.10. The van der Waals surface area contributed by atoms with Gasteiger partial charge < -0.3 is 9.47 Å². The number of methoxy groups -OCH3 is 2. The van der Waals surface area contributed by atoms with Crippen LogP contribution in [0.4, 0.5) is 0 Å². The third-order valence-electron chi connectivity index (χ3n) is 4.69. The first-order valence-electron chi connectivity index (χ1n) is 7.39. The molecule has 20 heavy (non-hydrogen) atoms. The molecular formula is C15H25NO4. The second-order valence-electron chi connectivity index (χ2n) is 6.36. The van der Waals surface area contributed by atoms with Crippen LogP contribution in [0.1, 0.15) is 39.5 Å².